The number of rotatable bonds is 5. The molecule has 0 aromatic carbocycles. The predicted octanol–water partition coefficient (Wildman–Crippen LogP) is 1.26. The molecule has 0 amide bonds. The van der Waals surface area contributed by atoms with Crippen LogP contribution in [0.4, 0.5) is 11.6 Å². The standard InChI is InChI=1S/C10H15N5/c1-3-12-9-7-10(14-8-13-9)15(2)6-4-5-11/h7-8H,3-4,6H2,1-2H3,(H,12,13,14). The zero-order valence-corrected chi connectivity index (χ0v) is 9.06. The largest absolute Gasteiger partial charge is 0.370 e. The van der Waals surface area contributed by atoms with Gasteiger partial charge in [-0.2, -0.15) is 5.26 Å². The molecule has 0 saturated heterocycles. The first-order valence-electron chi connectivity index (χ1n) is 4.92. The summed E-state index contributed by atoms with van der Waals surface area (Å²) in [5.41, 5.74) is 0. The number of hydrogen-bond acceptors (Lipinski definition) is 5. The van der Waals surface area contributed by atoms with Gasteiger partial charge in [-0.05, 0) is 6.92 Å². The highest BCUT2D eigenvalue weighted by Crippen LogP contribution is 2.12. The molecule has 1 heterocycles. The van der Waals surface area contributed by atoms with Gasteiger partial charge in [0.2, 0.25) is 0 Å². The van der Waals surface area contributed by atoms with Gasteiger partial charge in [0.1, 0.15) is 18.0 Å². The summed E-state index contributed by atoms with van der Waals surface area (Å²) in [6.45, 7) is 3.53. The van der Waals surface area contributed by atoms with Crippen molar-refractivity contribution in [1.82, 2.24) is 9.97 Å². The van der Waals surface area contributed by atoms with Crippen LogP contribution in [0.2, 0.25) is 0 Å². The van der Waals surface area contributed by atoms with Crippen LogP contribution in [0.5, 0.6) is 0 Å². The van der Waals surface area contributed by atoms with Crippen LogP contribution >= 0.6 is 0 Å². The quantitative estimate of drug-likeness (QED) is 0.784. The predicted molar refractivity (Wildman–Crippen MR) is 59.7 cm³/mol. The highest BCUT2D eigenvalue weighted by molar-refractivity contribution is 5.47. The van der Waals surface area contributed by atoms with Crippen LogP contribution in [-0.2, 0) is 0 Å². The van der Waals surface area contributed by atoms with Crippen LogP contribution in [0.1, 0.15) is 13.3 Å². The lowest BCUT2D eigenvalue weighted by molar-refractivity contribution is 0.879. The van der Waals surface area contributed by atoms with Gasteiger partial charge in [-0.3, -0.25) is 0 Å². The second-order valence-electron chi connectivity index (χ2n) is 3.12. The normalized spacial score (nSPS) is 9.40. The molecule has 5 heteroatoms. The van der Waals surface area contributed by atoms with Crippen molar-refractivity contribution < 1.29 is 0 Å². The molecule has 0 radical (unpaired) electrons. The van der Waals surface area contributed by atoms with Crippen LogP contribution in [0.3, 0.4) is 0 Å². The fourth-order valence-electron chi connectivity index (χ4n) is 1.17. The van der Waals surface area contributed by atoms with Gasteiger partial charge in [-0.15, -0.1) is 0 Å². The third-order valence-corrected chi connectivity index (χ3v) is 1.96. The fourth-order valence-corrected chi connectivity index (χ4v) is 1.17. The van der Waals surface area contributed by atoms with Gasteiger partial charge >= 0.3 is 0 Å². The van der Waals surface area contributed by atoms with Crippen molar-refractivity contribution in [3.63, 3.8) is 0 Å². The molecule has 15 heavy (non-hydrogen) atoms. The summed E-state index contributed by atoms with van der Waals surface area (Å²) in [4.78, 5) is 10.2. The summed E-state index contributed by atoms with van der Waals surface area (Å²) in [6.07, 6.45) is 2.02. The summed E-state index contributed by atoms with van der Waals surface area (Å²) < 4.78 is 0. The Morgan fingerprint density at radius 1 is 1.53 bits per heavy atom. The molecular formula is C10H15N5. The van der Waals surface area contributed by atoms with E-state index in [0.29, 0.717) is 13.0 Å². The highest BCUT2D eigenvalue weighted by Gasteiger charge is 2.03. The smallest absolute Gasteiger partial charge is 0.133 e. The molecule has 0 fully saturated rings. The van der Waals surface area contributed by atoms with E-state index in [1.165, 1.54) is 6.33 Å². The zero-order valence-electron chi connectivity index (χ0n) is 9.06. The van der Waals surface area contributed by atoms with Crippen molar-refractivity contribution in [3.05, 3.63) is 12.4 Å². The molecule has 0 aliphatic heterocycles. The highest BCUT2D eigenvalue weighted by atomic mass is 15.2. The van der Waals surface area contributed by atoms with Crippen molar-refractivity contribution in [2.75, 3.05) is 30.4 Å². The third-order valence-electron chi connectivity index (χ3n) is 1.96. The molecule has 5 nitrogen and oxygen atoms in total. The van der Waals surface area contributed by atoms with Crippen molar-refractivity contribution in [3.8, 4) is 6.07 Å². The molecular weight excluding hydrogens is 190 g/mol. The van der Waals surface area contributed by atoms with Gasteiger partial charge < -0.3 is 10.2 Å². The lowest BCUT2D eigenvalue weighted by atomic mass is 10.4. The van der Waals surface area contributed by atoms with Crippen LogP contribution in [0.15, 0.2) is 12.4 Å². The van der Waals surface area contributed by atoms with E-state index in [0.717, 1.165) is 18.2 Å². The molecule has 1 N–H and O–H groups in total. The van der Waals surface area contributed by atoms with Crippen molar-refractivity contribution in [1.29, 1.82) is 5.26 Å². The van der Waals surface area contributed by atoms with Crippen LogP contribution in [-0.4, -0.2) is 30.1 Å². The van der Waals surface area contributed by atoms with E-state index in [-0.39, 0.29) is 0 Å². The molecule has 80 valence electrons. The molecule has 1 aromatic heterocycles. The van der Waals surface area contributed by atoms with Gasteiger partial charge in [-0.1, -0.05) is 0 Å². The van der Waals surface area contributed by atoms with E-state index < -0.39 is 0 Å². The maximum absolute atomic E-state index is 8.48. The van der Waals surface area contributed by atoms with Gasteiger partial charge in [0.05, 0.1) is 12.5 Å². The second kappa shape index (κ2) is 5.81. The molecule has 0 bridgehead atoms. The number of nitrogens with one attached hydrogen (secondary N) is 1. The Bertz CT molecular complexity index is 344. The first kappa shape index (κ1) is 11.2. The summed E-state index contributed by atoms with van der Waals surface area (Å²) in [5, 5.41) is 11.6. The molecule has 1 rings (SSSR count). The third kappa shape index (κ3) is 3.43. The van der Waals surface area contributed by atoms with E-state index >= 15 is 0 Å². The average molecular weight is 205 g/mol. The van der Waals surface area contributed by atoms with E-state index in [4.69, 9.17) is 5.26 Å². The van der Waals surface area contributed by atoms with Gasteiger partial charge in [-0.25, -0.2) is 9.97 Å². The van der Waals surface area contributed by atoms with Gasteiger partial charge in [0, 0.05) is 26.2 Å². The van der Waals surface area contributed by atoms with Crippen molar-refractivity contribution in [2.24, 2.45) is 0 Å². The van der Waals surface area contributed by atoms with Crippen molar-refractivity contribution in [2.45, 2.75) is 13.3 Å². The molecule has 0 saturated carbocycles. The van der Waals surface area contributed by atoms with E-state index in [9.17, 15) is 0 Å². The SMILES string of the molecule is CCNc1cc(N(C)CCC#N)ncn1. The maximum Gasteiger partial charge on any atom is 0.133 e. The minimum Gasteiger partial charge on any atom is -0.370 e. The molecule has 1 aromatic rings. The van der Waals surface area contributed by atoms with E-state index in [1.54, 1.807) is 0 Å². The van der Waals surface area contributed by atoms with Gasteiger partial charge in [0.15, 0.2) is 0 Å². The monoisotopic (exact) mass is 205 g/mol. The van der Waals surface area contributed by atoms with E-state index in [2.05, 4.69) is 21.4 Å². The van der Waals surface area contributed by atoms with Crippen molar-refractivity contribution >= 4 is 11.6 Å². The minimum atomic E-state index is 0.497. The van der Waals surface area contributed by atoms with Gasteiger partial charge in [0.25, 0.3) is 0 Å². The summed E-state index contributed by atoms with van der Waals surface area (Å²) in [5.74, 6) is 1.64. The second-order valence-corrected chi connectivity index (χ2v) is 3.12. The number of anilines is 2. The maximum atomic E-state index is 8.48. The van der Waals surface area contributed by atoms with E-state index in [1.807, 2.05) is 24.9 Å². The fraction of sp³-hybridized carbons (Fsp3) is 0.500. The first-order valence-corrected chi connectivity index (χ1v) is 4.92. The Labute approximate surface area is 89.8 Å². The Balaban J connectivity index is 2.67. The Hall–Kier alpha value is -1.83. The molecule has 0 aliphatic rings. The van der Waals surface area contributed by atoms with Crippen LogP contribution in [0.25, 0.3) is 0 Å². The zero-order chi connectivity index (χ0) is 11.1. The van der Waals surface area contributed by atoms with Crippen LogP contribution in [0, 0.1) is 11.3 Å². The Morgan fingerprint density at radius 3 is 3.00 bits per heavy atom. The summed E-state index contributed by atoms with van der Waals surface area (Å²) in [6, 6.07) is 3.98. The number of nitrogens with zero attached hydrogens (tertiary/aromatic N) is 4. The Kier molecular flexibility index (Phi) is 4.35. The number of nitriles is 1. The molecule has 0 aliphatic carbocycles. The average Bonchev–Trinajstić information content (AvgIpc) is 2.27. The lowest BCUT2D eigenvalue weighted by Crippen LogP contribution is -2.19. The topological polar surface area (TPSA) is 64.8 Å². The molecule has 0 unspecified atom stereocenters. The Morgan fingerprint density at radius 2 is 2.33 bits per heavy atom. The first-order chi connectivity index (χ1) is 7.27. The molecule has 0 atom stereocenters. The lowest BCUT2D eigenvalue weighted by Gasteiger charge is -2.16. The summed E-state index contributed by atoms with van der Waals surface area (Å²) >= 11 is 0. The molecule has 0 spiro atoms. The number of aromatic nitrogens is 2. The van der Waals surface area contributed by atoms with Crippen LogP contribution < -0.4 is 10.2 Å². The summed E-state index contributed by atoms with van der Waals surface area (Å²) in [7, 11) is 1.91. The number of hydrogen-bond donors (Lipinski definition) is 1. The minimum absolute atomic E-state index is 0.497.